The quantitative estimate of drug-likeness (QED) is 0.739. The standard InChI is InChI=1S/C15H13NO2S2/c1-12-9-10-15(19-12)20(17,18)16-11-5-8-14(16)13-6-3-2-4-7-13/h2-11H,1H3. The smallest absolute Gasteiger partial charge is 0.241 e. The molecule has 0 aliphatic heterocycles. The van der Waals surface area contributed by atoms with E-state index < -0.39 is 10.0 Å². The van der Waals surface area contributed by atoms with E-state index in [1.54, 1.807) is 18.3 Å². The van der Waals surface area contributed by atoms with Crippen LogP contribution >= 0.6 is 11.3 Å². The van der Waals surface area contributed by atoms with Crippen LogP contribution in [0.4, 0.5) is 0 Å². The van der Waals surface area contributed by atoms with Gasteiger partial charge in [0, 0.05) is 11.1 Å². The molecule has 0 unspecified atom stereocenters. The second kappa shape index (κ2) is 4.92. The maximum Gasteiger partial charge on any atom is 0.277 e. The molecule has 0 amide bonds. The summed E-state index contributed by atoms with van der Waals surface area (Å²) in [6.45, 7) is 1.90. The zero-order valence-corrected chi connectivity index (χ0v) is 12.5. The minimum absolute atomic E-state index is 0.364. The van der Waals surface area contributed by atoms with Gasteiger partial charge in [0.2, 0.25) is 0 Å². The summed E-state index contributed by atoms with van der Waals surface area (Å²) in [5.41, 5.74) is 1.56. The van der Waals surface area contributed by atoms with Crippen molar-refractivity contribution < 1.29 is 8.42 Å². The first kappa shape index (κ1) is 13.1. The number of rotatable bonds is 3. The fourth-order valence-electron chi connectivity index (χ4n) is 2.06. The van der Waals surface area contributed by atoms with Crippen LogP contribution < -0.4 is 0 Å². The van der Waals surface area contributed by atoms with Crippen molar-refractivity contribution in [2.24, 2.45) is 0 Å². The molecule has 0 saturated heterocycles. The summed E-state index contributed by atoms with van der Waals surface area (Å²) in [7, 11) is -3.52. The summed E-state index contributed by atoms with van der Waals surface area (Å²) in [6, 6.07) is 16.6. The SMILES string of the molecule is Cc1ccc(S(=O)(=O)n2cccc2-c2ccccc2)s1. The van der Waals surface area contributed by atoms with Crippen LogP contribution in [0.5, 0.6) is 0 Å². The van der Waals surface area contributed by atoms with E-state index in [0.29, 0.717) is 9.90 Å². The van der Waals surface area contributed by atoms with Crippen molar-refractivity contribution in [3.8, 4) is 11.3 Å². The molecule has 0 saturated carbocycles. The fraction of sp³-hybridized carbons (Fsp3) is 0.0667. The fourth-order valence-corrected chi connectivity index (χ4v) is 4.79. The summed E-state index contributed by atoms with van der Waals surface area (Å²) < 4.78 is 27.1. The van der Waals surface area contributed by atoms with Gasteiger partial charge >= 0.3 is 0 Å². The lowest BCUT2D eigenvalue weighted by Gasteiger charge is -2.09. The number of thiophene rings is 1. The molecule has 0 atom stereocenters. The van der Waals surface area contributed by atoms with Crippen molar-refractivity contribution in [2.45, 2.75) is 11.1 Å². The monoisotopic (exact) mass is 303 g/mol. The highest BCUT2D eigenvalue weighted by Crippen LogP contribution is 2.28. The molecule has 0 aliphatic rings. The van der Waals surface area contributed by atoms with Gasteiger partial charge in [0.1, 0.15) is 4.21 Å². The summed E-state index contributed by atoms with van der Waals surface area (Å²) in [6.07, 6.45) is 1.59. The number of benzene rings is 1. The predicted molar refractivity (Wildman–Crippen MR) is 81.5 cm³/mol. The topological polar surface area (TPSA) is 39.1 Å². The molecule has 0 aliphatic carbocycles. The van der Waals surface area contributed by atoms with E-state index in [1.807, 2.05) is 49.4 Å². The third-order valence-electron chi connectivity index (χ3n) is 3.01. The number of aryl methyl sites for hydroxylation is 1. The van der Waals surface area contributed by atoms with E-state index in [2.05, 4.69) is 0 Å². The minimum Gasteiger partial charge on any atom is -0.241 e. The Morgan fingerprint density at radius 3 is 2.35 bits per heavy atom. The zero-order valence-electron chi connectivity index (χ0n) is 10.9. The molecule has 3 nitrogen and oxygen atoms in total. The number of aromatic nitrogens is 1. The first-order valence-corrected chi connectivity index (χ1v) is 8.39. The normalized spacial score (nSPS) is 11.7. The zero-order chi connectivity index (χ0) is 14.2. The van der Waals surface area contributed by atoms with Gasteiger partial charge in [-0.3, -0.25) is 0 Å². The number of hydrogen-bond acceptors (Lipinski definition) is 3. The average molecular weight is 303 g/mol. The van der Waals surface area contributed by atoms with Gasteiger partial charge in [0.25, 0.3) is 10.0 Å². The minimum atomic E-state index is -3.52. The molecule has 0 N–H and O–H groups in total. The Bertz CT molecular complexity index is 830. The van der Waals surface area contributed by atoms with Crippen molar-refractivity contribution >= 4 is 21.4 Å². The first-order valence-electron chi connectivity index (χ1n) is 6.14. The molecule has 0 fully saturated rings. The maximum atomic E-state index is 12.7. The van der Waals surface area contributed by atoms with E-state index in [0.717, 1.165) is 10.4 Å². The van der Waals surface area contributed by atoms with Crippen LogP contribution in [0.1, 0.15) is 4.88 Å². The highest BCUT2D eigenvalue weighted by atomic mass is 32.2. The van der Waals surface area contributed by atoms with E-state index in [1.165, 1.54) is 15.3 Å². The van der Waals surface area contributed by atoms with Crippen molar-refractivity contribution in [3.05, 3.63) is 65.7 Å². The Morgan fingerprint density at radius 1 is 0.950 bits per heavy atom. The lowest BCUT2D eigenvalue weighted by atomic mass is 10.2. The highest BCUT2D eigenvalue weighted by Gasteiger charge is 2.21. The first-order chi connectivity index (χ1) is 9.59. The van der Waals surface area contributed by atoms with Crippen LogP contribution in [0, 0.1) is 6.92 Å². The highest BCUT2D eigenvalue weighted by molar-refractivity contribution is 7.92. The molecule has 0 radical (unpaired) electrons. The van der Waals surface area contributed by atoms with Crippen LogP contribution in [-0.2, 0) is 10.0 Å². The maximum absolute atomic E-state index is 12.7. The van der Waals surface area contributed by atoms with Gasteiger partial charge in [-0.1, -0.05) is 30.3 Å². The molecule has 20 heavy (non-hydrogen) atoms. The average Bonchev–Trinajstić information content (AvgIpc) is 3.08. The van der Waals surface area contributed by atoms with Crippen LogP contribution in [0.15, 0.2) is 65.0 Å². The van der Waals surface area contributed by atoms with Gasteiger partial charge in [-0.25, -0.2) is 3.97 Å². The third-order valence-corrected chi connectivity index (χ3v) is 6.17. The Morgan fingerprint density at radius 2 is 1.70 bits per heavy atom. The Labute approximate surface area is 122 Å². The molecule has 0 spiro atoms. The summed E-state index contributed by atoms with van der Waals surface area (Å²) >= 11 is 1.29. The van der Waals surface area contributed by atoms with E-state index >= 15 is 0 Å². The second-order valence-corrected chi connectivity index (χ2v) is 7.76. The third kappa shape index (κ3) is 2.19. The Kier molecular flexibility index (Phi) is 3.23. The predicted octanol–water partition coefficient (Wildman–Crippen LogP) is 3.76. The number of nitrogens with zero attached hydrogens (tertiary/aromatic N) is 1. The summed E-state index contributed by atoms with van der Waals surface area (Å²) in [5.74, 6) is 0. The molecular weight excluding hydrogens is 290 g/mol. The van der Waals surface area contributed by atoms with Crippen LogP contribution in [0.2, 0.25) is 0 Å². The van der Waals surface area contributed by atoms with Gasteiger partial charge in [-0.2, -0.15) is 8.42 Å². The summed E-state index contributed by atoms with van der Waals surface area (Å²) in [5, 5.41) is 0. The molecule has 2 aromatic heterocycles. The molecule has 3 rings (SSSR count). The van der Waals surface area contributed by atoms with Gasteiger partial charge < -0.3 is 0 Å². The van der Waals surface area contributed by atoms with Crippen LogP contribution in [0.25, 0.3) is 11.3 Å². The Hall–Kier alpha value is -1.85. The lowest BCUT2D eigenvalue weighted by molar-refractivity contribution is 0.590. The van der Waals surface area contributed by atoms with Gasteiger partial charge in [-0.15, -0.1) is 11.3 Å². The second-order valence-electron chi connectivity index (χ2n) is 4.43. The van der Waals surface area contributed by atoms with E-state index in [-0.39, 0.29) is 0 Å². The van der Waals surface area contributed by atoms with Gasteiger partial charge in [-0.05, 0) is 36.8 Å². The lowest BCUT2D eigenvalue weighted by Crippen LogP contribution is -2.11. The van der Waals surface area contributed by atoms with Crippen molar-refractivity contribution in [2.75, 3.05) is 0 Å². The molecule has 2 heterocycles. The van der Waals surface area contributed by atoms with Crippen LogP contribution in [-0.4, -0.2) is 12.4 Å². The van der Waals surface area contributed by atoms with Crippen molar-refractivity contribution in [1.82, 2.24) is 3.97 Å². The van der Waals surface area contributed by atoms with E-state index in [9.17, 15) is 8.42 Å². The molecule has 102 valence electrons. The molecule has 1 aromatic carbocycles. The largest absolute Gasteiger partial charge is 0.277 e. The summed E-state index contributed by atoms with van der Waals surface area (Å²) in [4.78, 5) is 0.983. The number of hydrogen-bond donors (Lipinski definition) is 0. The van der Waals surface area contributed by atoms with Gasteiger partial charge in [0.05, 0.1) is 5.69 Å². The molecular formula is C15H13NO2S2. The van der Waals surface area contributed by atoms with Crippen LogP contribution in [0.3, 0.4) is 0 Å². The van der Waals surface area contributed by atoms with Crippen molar-refractivity contribution in [3.63, 3.8) is 0 Å². The van der Waals surface area contributed by atoms with Crippen molar-refractivity contribution in [1.29, 1.82) is 0 Å². The molecule has 5 heteroatoms. The van der Waals surface area contributed by atoms with Gasteiger partial charge in [0.15, 0.2) is 0 Å². The molecule has 3 aromatic rings. The molecule has 0 bridgehead atoms. The van der Waals surface area contributed by atoms with E-state index in [4.69, 9.17) is 0 Å². The Balaban J connectivity index is 2.15.